The van der Waals surface area contributed by atoms with Crippen molar-refractivity contribution in [2.45, 2.75) is 39.3 Å². The van der Waals surface area contributed by atoms with Crippen molar-refractivity contribution in [1.82, 2.24) is 14.5 Å². The van der Waals surface area contributed by atoms with Crippen molar-refractivity contribution in [2.24, 2.45) is 0 Å². The number of fused-ring (bicyclic) bond motifs is 1. The second kappa shape index (κ2) is 10.7. The Balaban J connectivity index is 1.33. The molecule has 0 fully saturated rings. The average Bonchev–Trinajstić information content (AvgIpc) is 3.26. The number of imidazole rings is 1. The van der Waals surface area contributed by atoms with Gasteiger partial charge in [-0.3, -0.25) is 4.79 Å². The molecule has 0 unspecified atom stereocenters. The van der Waals surface area contributed by atoms with Crippen LogP contribution in [0.25, 0.3) is 11.3 Å². The molecular weight excluding hydrogens is 496 g/mol. The van der Waals surface area contributed by atoms with Crippen LogP contribution in [0.1, 0.15) is 29.8 Å². The highest BCUT2D eigenvalue weighted by Gasteiger charge is 2.27. The number of benzene rings is 3. The van der Waals surface area contributed by atoms with Gasteiger partial charge in [0.15, 0.2) is 11.6 Å². The van der Waals surface area contributed by atoms with Crippen LogP contribution in [0.5, 0.6) is 0 Å². The number of nitrogens with one attached hydrogen (secondary N) is 1. The van der Waals surface area contributed by atoms with Gasteiger partial charge in [-0.2, -0.15) is 0 Å². The molecule has 0 bridgehead atoms. The van der Waals surface area contributed by atoms with E-state index in [1.165, 1.54) is 12.1 Å². The molecule has 2 heterocycles. The minimum atomic E-state index is -1.23. The Kier molecular flexibility index (Phi) is 7.18. The van der Waals surface area contributed by atoms with E-state index in [0.717, 1.165) is 28.7 Å². The van der Waals surface area contributed by atoms with Crippen molar-refractivity contribution in [3.05, 3.63) is 101 Å². The summed E-state index contributed by atoms with van der Waals surface area (Å²) < 4.78 is 56.1. The summed E-state index contributed by atoms with van der Waals surface area (Å²) in [5.41, 5.74) is 3.45. The number of aryl methyl sites for hydroxylation is 2. The zero-order valence-electron chi connectivity index (χ0n) is 20.8. The van der Waals surface area contributed by atoms with Gasteiger partial charge in [0.25, 0.3) is 0 Å². The zero-order valence-corrected chi connectivity index (χ0v) is 20.8. The second-order valence-corrected chi connectivity index (χ2v) is 9.40. The fourth-order valence-corrected chi connectivity index (χ4v) is 4.60. The Morgan fingerprint density at radius 2 is 1.63 bits per heavy atom. The molecule has 9 heteroatoms. The number of hydrogen-bond donors (Lipinski definition) is 1. The second-order valence-electron chi connectivity index (χ2n) is 9.40. The Labute approximate surface area is 217 Å². The van der Waals surface area contributed by atoms with Crippen LogP contribution in [0.3, 0.4) is 0 Å². The molecule has 1 aromatic heterocycles. The maximum atomic E-state index is 13.9. The Hall–Kier alpha value is -4.14. The predicted octanol–water partition coefficient (Wildman–Crippen LogP) is 6.52. The number of aromatic nitrogens is 2. The molecular formula is C29H26F4N4O. The lowest BCUT2D eigenvalue weighted by molar-refractivity contribution is -0.132. The quantitative estimate of drug-likeness (QED) is 0.222. The molecule has 0 radical (unpaired) electrons. The standard InChI is InChI=1S/C29H26F4N4O/c1-18-5-11-22(12-6-18)34-29-28(19-7-9-21(30)10-8-19)35-26-17-36(13-14-37(26)29)27(38)4-2-3-20-15-24(32)25(33)16-23(20)31/h5-12,15-16,34H,2-4,13-14,17H2,1H3. The molecule has 0 saturated carbocycles. The molecule has 38 heavy (non-hydrogen) atoms. The lowest BCUT2D eigenvalue weighted by Gasteiger charge is -2.28. The molecule has 1 N–H and O–H groups in total. The molecule has 4 aromatic rings. The molecule has 5 nitrogen and oxygen atoms in total. The van der Waals surface area contributed by atoms with Crippen molar-refractivity contribution in [1.29, 1.82) is 0 Å². The molecule has 1 aliphatic rings. The van der Waals surface area contributed by atoms with Crippen LogP contribution < -0.4 is 5.32 Å². The number of carbonyl (C=O) groups excluding carboxylic acids is 1. The topological polar surface area (TPSA) is 50.2 Å². The van der Waals surface area contributed by atoms with E-state index in [4.69, 9.17) is 4.98 Å². The largest absolute Gasteiger partial charge is 0.340 e. The smallest absolute Gasteiger partial charge is 0.223 e. The van der Waals surface area contributed by atoms with E-state index in [1.807, 2.05) is 35.8 Å². The van der Waals surface area contributed by atoms with Gasteiger partial charge in [-0.25, -0.2) is 22.5 Å². The molecule has 0 spiro atoms. The number of halogens is 4. The van der Waals surface area contributed by atoms with Gasteiger partial charge >= 0.3 is 0 Å². The van der Waals surface area contributed by atoms with E-state index in [0.29, 0.717) is 37.1 Å². The highest BCUT2D eigenvalue weighted by atomic mass is 19.2. The van der Waals surface area contributed by atoms with E-state index in [-0.39, 0.29) is 36.7 Å². The van der Waals surface area contributed by atoms with Crippen LogP contribution >= 0.6 is 0 Å². The lowest BCUT2D eigenvalue weighted by atomic mass is 10.1. The molecule has 3 aromatic carbocycles. The van der Waals surface area contributed by atoms with Gasteiger partial charge in [0.05, 0.1) is 6.54 Å². The molecule has 0 atom stereocenters. The summed E-state index contributed by atoms with van der Waals surface area (Å²) in [7, 11) is 0. The third kappa shape index (κ3) is 5.41. The average molecular weight is 523 g/mol. The van der Waals surface area contributed by atoms with Crippen molar-refractivity contribution in [3.8, 4) is 11.3 Å². The number of hydrogen-bond acceptors (Lipinski definition) is 3. The molecule has 1 aliphatic heterocycles. The van der Waals surface area contributed by atoms with E-state index < -0.39 is 17.5 Å². The first-order valence-electron chi connectivity index (χ1n) is 12.4. The van der Waals surface area contributed by atoms with Crippen molar-refractivity contribution < 1.29 is 22.4 Å². The predicted molar refractivity (Wildman–Crippen MR) is 137 cm³/mol. The van der Waals surface area contributed by atoms with E-state index in [9.17, 15) is 22.4 Å². The van der Waals surface area contributed by atoms with Gasteiger partial charge < -0.3 is 14.8 Å². The number of nitrogens with zero attached hydrogens (tertiary/aromatic N) is 3. The van der Waals surface area contributed by atoms with E-state index in [2.05, 4.69) is 5.32 Å². The van der Waals surface area contributed by atoms with Gasteiger partial charge in [0.1, 0.15) is 29.0 Å². The summed E-state index contributed by atoms with van der Waals surface area (Å²) in [5.74, 6) is -2.19. The zero-order chi connectivity index (χ0) is 26.8. The Morgan fingerprint density at radius 1 is 0.921 bits per heavy atom. The van der Waals surface area contributed by atoms with Gasteiger partial charge in [-0.05, 0) is 67.8 Å². The minimum Gasteiger partial charge on any atom is -0.340 e. The van der Waals surface area contributed by atoms with Crippen molar-refractivity contribution >= 4 is 17.4 Å². The minimum absolute atomic E-state index is 0.0432. The van der Waals surface area contributed by atoms with Crippen LogP contribution in [-0.4, -0.2) is 26.9 Å². The van der Waals surface area contributed by atoms with Gasteiger partial charge in [0, 0.05) is 36.8 Å². The van der Waals surface area contributed by atoms with Crippen molar-refractivity contribution in [3.63, 3.8) is 0 Å². The van der Waals surface area contributed by atoms with Gasteiger partial charge in [-0.15, -0.1) is 0 Å². The highest BCUT2D eigenvalue weighted by Crippen LogP contribution is 2.33. The third-order valence-electron chi connectivity index (χ3n) is 6.68. The monoisotopic (exact) mass is 522 g/mol. The first-order valence-corrected chi connectivity index (χ1v) is 12.4. The normalized spacial score (nSPS) is 12.9. The molecule has 0 saturated heterocycles. The molecule has 5 rings (SSSR count). The van der Waals surface area contributed by atoms with Crippen LogP contribution in [0.2, 0.25) is 0 Å². The number of carbonyl (C=O) groups is 1. The molecule has 0 aliphatic carbocycles. The maximum absolute atomic E-state index is 13.9. The fourth-order valence-electron chi connectivity index (χ4n) is 4.60. The van der Waals surface area contributed by atoms with Crippen LogP contribution in [-0.2, 0) is 24.3 Å². The van der Waals surface area contributed by atoms with E-state index >= 15 is 0 Å². The fraction of sp³-hybridized carbons (Fsp3) is 0.241. The Bertz CT molecular complexity index is 1470. The summed E-state index contributed by atoms with van der Waals surface area (Å²) in [6, 6.07) is 15.4. The number of anilines is 2. The number of rotatable bonds is 7. The third-order valence-corrected chi connectivity index (χ3v) is 6.68. The summed E-state index contributed by atoms with van der Waals surface area (Å²) in [5, 5.41) is 3.44. The molecule has 196 valence electrons. The van der Waals surface area contributed by atoms with E-state index in [1.54, 1.807) is 17.0 Å². The first-order chi connectivity index (χ1) is 18.3. The van der Waals surface area contributed by atoms with Crippen LogP contribution in [0.4, 0.5) is 29.1 Å². The summed E-state index contributed by atoms with van der Waals surface area (Å²) in [6.07, 6.45) is 0.557. The lowest BCUT2D eigenvalue weighted by Crippen LogP contribution is -2.38. The molecule has 1 amide bonds. The summed E-state index contributed by atoms with van der Waals surface area (Å²) in [4.78, 5) is 19.4. The number of amides is 1. The van der Waals surface area contributed by atoms with Gasteiger partial charge in [-0.1, -0.05) is 17.7 Å². The van der Waals surface area contributed by atoms with Crippen LogP contribution in [0, 0.1) is 30.2 Å². The van der Waals surface area contributed by atoms with Crippen LogP contribution in [0.15, 0.2) is 60.7 Å². The van der Waals surface area contributed by atoms with Crippen molar-refractivity contribution in [2.75, 3.05) is 11.9 Å². The SMILES string of the molecule is Cc1ccc(Nc2c(-c3ccc(F)cc3)nc3n2CCN(C(=O)CCCc2cc(F)c(F)cc2F)C3)cc1. The first kappa shape index (κ1) is 25.5. The Morgan fingerprint density at radius 3 is 2.37 bits per heavy atom. The highest BCUT2D eigenvalue weighted by molar-refractivity contribution is 5.78. The summed E-state index contributed by atoms with van der Waals surface area (Å²) >= 11 is 0. The summed E-state index contributed by atoms with van der Waals surface area (Å²) in [6.45, 7) is 3.24. The maximum Gasteiger partial charge on any atom is 0.223 e. The van der Waals surface area contributed by atoms with Gasteiger partial charge in [0.2, 0.25) is 5.91 Å².